The van der Waals surface area contributed by atoms with Crippen LogP contribution in [0.4, 0.5) is 4.79 Å². The molecule has 2 fully saturated rings. The standard InChI is InChI=1S/C16H27NO6/c1-16(2,3)23-15(19)17-10-11(9-12(17)14(18)20-4)22-13-7-5-6-8-21-13/h11-13H,5-10H2,1-4H3/t11-,12-,13?/m0/s1. The number of hydrogen-bond acceptors (Lipinski definition) is 6. The van der Waals surface area contributed by atoms with Crippen molar-refractivity contribution in [2.45, 2.75) is 70.5 Å². The molecule has 0 N–H and O–H groups in total. The summed E-state index contributed by atoms with van der Waals surface area (Å²) in [4.78, 5) is 25.7. The lowest BCUT2D eigenvalue weighted by Gasteiger charge is -2.27. The molecule has 0 spiro atoms. The summed E-state index contributed by atoms with van der Waals surface area (Å²) in [6, 6.07) is -0.677. The molecule has 0 radical (unpaired) electrons. The lowest BCUT2D eigenvalue weighted by atomic mass is 10.2. The first-order valence-electron chi connectivity index (χ1n) is 8.14. The molecule has 0 aromatic rings. The number of rotatable bonds is 3. The molecule has 7 heteroatoms. The normalized spacial score (nSPS) is 28.5. The van der Waals surface area contributed by atoms with Crippen molar-refractivity contribution < 1.29 is 28.5 Å². The van der Waals surface area contributed by atoms with E-state index >= 15 is 0 Å². The minimum absolute atomic E-state index is 0.255. The van der Waals surface area contributed by atoms with Gasteiger partial charge in [0, 0.05) is 13.0 Å². The Morgan fingerprint density at radius 2 is 1.96 bits per heavy atom. The summed E-state index contributed by atoms with van der Waals surface area (Å²) >= 11 is 0. The fourth-order valence-electron chi connectivity index (χ4n) is 2.81. The average Bonchev–Trinajstić information content (AvgIpc) is 2.90. The molecule has 1 unspecified atom stereocenters. The van der Waals surface area contributed by atoms with Crippen molar-refractivity contribution in [3.05, 3.63) is 0 Å². The number of esters is 1. The summed E-state index contributed by atoms with van der Waals surface area (Å²) in [5.41, 5.74) is -0.622. The number of carbonyl (C=O) groups is 2. The predicted molar refractivity (Wildman–Crippen MR) is 81.8 cm³/mol. The number of methoxy groups -OCH3 is 1. The Balaban J connectivity index is 2.00. The molecule has 132 valence electrons. The molecule has 23 heavy (non-hydrogen) atoms. The number of likely N-dealkylation sites (tertiary alicyclic amines) is 1. The topological polar surface area (TPSA) is 74.3 Å². The highest BCUT2D eigenvalue weighted by atomic mass is 16.7. The van der Waals surface area contributed by atoms with Crippen LogP contribution in [-0.2, 0) is 23.7 Å². The first kappa shape index (κ1) is 18.0. The van der Waals surface area contributed by atoms with Crippen LogP contribution in [0.5, 0.6) is 0 Å². The first-order valence-corrected chi connectivity index (χ1v) is 8.14. The molecule has 2 heterocycles. The van der Waals surface area contributed by atoms with Crippen molar-refractivity contribution in [2.75, 3.05) is 20.3 Å². The molecule has 2 rings (SSSR count). The van der Waals surface area contributed by atoms with Crippen LogP contribution in [0.2, 0.25) is 0 Å². The maximum atomic E-state index is 12.3. The maximum absolute atomic E-state index is 12.3. The van der Waals surface area contributed by atoms with Gasteiger partial charge in [-0.3, -0.25) is 4.90 Å². The van der Waals surface area contributed by atoms with Gasteiger partial charge in [-0.2, -0.15) is 0 Å². The van der Waals surface area contributed by atoms with Crippen LogP contribution in [-0.4, -0.2) is 61.3 Å². The van der Waals surface area contributed by atoms with E-state index in [9.17, 15) is 9.59 Å². The van der Waals surface area contributed by atoms with Gasteiger partial charge >= 0.3 is 12.1 Å². The van der Waals surface area contributed by atoms with Crippen LogP contribution in [0.3, 0.4) is 0 Å². The lowest BCUT2D eigenvalue weighted by molar-refractivity contribution is -0.185. The van der Waals surface area contributed by atoms with Crippen LogP contribution in [0.1, 0.15) is 46.5 Å². The highest BCUT2D eigenvalue weighted by molar-refractivity contribution is 5.82. The number of ether oxygens (including phenoxy) is 4. The second kappa shape index (κ2) is 7.49. The van der Waals surface area contributed by atoms with Gasteiger partial charge in [0.15, 0.2) is 6.29 Å². The summed E-state index contributed by atoms with van der Waals surface area (Å²) in [6.07, 6.45) is 2.30. The smallest absolute Gasteiger partial charge is 0.411 e. The van der Waals surface area contributed by atoms with Gasteiger partial charge in [-0.1, -0.05) is 0 Å². The van der Waals surface area contributed by atoms with Crippen LogP contribution < -0.4 is 0 Å². The molecular formula is C16H27NO6. The largest absolute Gasteiger partial charge is 0.467 e. The molecule has 2 saturated heterocycles. The third-order valence-electron chi connectivity index (χ3n) is 3.85. The second-order valence-electron chi connectivity index (χ2n) is 6.96. The Kier molecular flexibility index (Phi) is 5.86. The van der Waals surface area contributed by atoms with Crippen molar-refractivity contribution in [2.24, 2.45) is 0 Å². The van der Waals surface area contributed by atoms with Crippen LogP contribution in [0, 0.1) is 0 Å². The Hall–Kier alpha value is -1.34. The van der Waals surface area contributed by atoms with Gasteiger partial charge < -0.3 is 18.9 Å². The average molecular weight is 329 g/mol. The van der Waals surface area contributed by atoms with Crippen molar-refractivity contribution in [1.82, 2.24) is 4.90 Å². The third kappa shape index (κ3) is 5.07. The zero-order valence-corrected chi connectivity index (χ0v) is 14.4. The molecule has 0 saturated carbocycles. The first-order chi connectivity index (χ1) is 10.8. The van der Waals surface area contributed by atoms with E-state index in [1.54, 1.807) is 20.8 Å². The number of carbonyl (C=O) groups excluding carboxylic acids is 2. The molecule has 0 aromatic heterocycles. The van der Waals surface area contributed by atoms with Crippen molar-refractivity contribution >= 4 is 12.1 Å². The van der Waals surface area contributed by atoms with Crippen molar-refractivity contribution in [1.29, 1.82) is 0 Å². The van der Waals surface area contributed by atoms with Gasteiger partial charge in [0.1, 0.15) is 11.6 Å². The van der Waals surface area contributed by atoms with Crippen LogP contribution in [0.15, 0.2) is 0 Å². The molecule has 1 amide bonds. The summed E-state index contributed by atoms with van der Waals surface area (Å²) in [5, 5.41) is 0. The van der Waals surface area contributed by atoms with E-state index in [1.165, 1.54) is 12.0 Å². The number of nitrogens with zero attached hydrogens (tertiary/aromatic N) is 1. The van der Waals surface area contributed by atoms with Gasteiger partial charge in [0.2, 0.25) is 0 Å². The highest BCUT2D eigenvalue weighted by Crippen LogP contribution is 2.26. The van der Waals surface area contributed by atoms with E-state index < -0.39 is 23.7 Å². The van der Waals surface area contributed by atoms with E-state index in [0.717, 1.165) is 19.3 Å². The van der Waals surface area contributed by atoms with Gasteiger partial charge in [0.25, 0.3) is 0 Å². The Morgan fingerprint density at radius 3 is 2.52 bits per heavy atom. The molecule has 0 bridgehead atoms. The van der Waals surface area contributed by atoms with Crippen molar-refractivity contribution in [3.8, 4) is 0 Å². The fourth-order valence-corrected chi connectivity index (χ4v) is 2.81. The van der Waals surface area contributed by atoms with E-state index in [2.05, 4.69) is 0 Å². The summed E-state index contributed by atoms with van der Waals surface area (Å²) in [5.74, 6) is -0.452. The Morgan fingerprint density at radius 1 is 1.22 bits per heavy atom. The SMILES string of the molecule is COC(=O)[C@@H]1C[C@H](OC2CCCCO2)CN1C(=O)OC(C)(C)C. The van der Waals surface area contributed by atoms with E-state index in [-0.39, 0.29) is 12.4 Å². The highest BCUT2D eigenvalue weighted by Gasteiger charge is 2.43. The van der Waals surface area contributed by atoms with Gasteiger partial charge in [-0.15, -0.1) is 0 Å². The molecule has 7 nitrogen and oxygen atoms in total. The molecule has 0 aliphatic carbocycles. The minimum Gasteiger partial charge on any atom is -0.467 e. The van der Waals surface area contributed by atoms with Crippen LogP contribution >= 0.6 is 0 Å². The zero-order valence-electron chi connectivity index (χ0n) is 14.4. The van der Waals surface area contributed by atoms with Gasteiger partial charge in [0.05, 0.1) is 19.8 Å². The lowest BCUT2D eigenvalue weighted by Crippen LogP contribution is -2.44. The second-order valence-corrected chi connectivity index (χ2v) is 6.96. The molecule has 3 atom stereocenters. The van der Waals surface area contributed by atoms with Crippen LogP contribution in [0.25, 0.3) is 0 Å². The summed E-state index contributed by atoms with van der Waals surface area (Å²) in [7, 11) is 1.31. The van der Waals surface area contributed by atoms with Gasteiger partial charge in [-0.25, -0.2) is 9.59 Å². The summed E-state index contributed by atoms with van der Waals surface area (Å²) < 4.78 is 21.7. The van der Waals surface area contributed by atoms with E-state index in [4.69, 9.17) is 18.9 Å². The van der Waals surface area contributed by atoms with Crippen molar-refractivity contribution in [3.63, 3.8) is 0 Å². The summed E-state index contributed by atoms with van der Waals surface area (Å²) in [6.45, 7) is 6.36. The molecular weight excluding hydrogens is 302 g/mol. The fraction of sp³-hybridized carbons (Fsp3) is 0.875. The van der Waals surface area contributed by atoms with E-state index in [0.29, 0.717) is 19.6 Å². The minimum atomic E-state index is -0.677. The quantitative estimate of drug-likeness (QED) is 0.738. The molecule has 0 aromatic carbocycles. The Bertz CT molecular complexity index is 427. The number of hydrogen-bond donors (Lipinski definition) is 0. The van der Waals surface area contributed by atoms with E-state index in [1.807, 2.05) is 0 Å². The molecule has 2 aliphatic heterocycles. The third-order valence-corrected chi connectivity index (χ3v) is 3.85. The molecule has 2 aliphatic rings. The Labute approximate surface area is 137 Å². The monoisotopic (exact) mass is 329 g/mol. The van der Waals surface area contributed by atoms with Gasteiger partial charge in [-0.05, 0) is 40.0 Å². The zero-order chi connectivity index (χ0) is 17.0. The number of amides is 1. The maximum Gasteiger partial charge on any atom is 0.411 e. The predicted octanol–water partition coefficient (Wildman–Crippen LogP) is 2.08.